The van der Waals surface area contributed by atoms with Crippen molar-refractivity contribution < 1.29 is 9.66 Å². The largest absolute Gasteiger partial charge is 0.471 e. The molecule has 19 heavy (non-hydrogen) atoms. The topological polar surface area (TPSA) is 81.7 Å². The van der Waals surface area contributed by atoms with Crippen molar-refractivity contribution in [1.82, 2.24) is 14.7 Å². The quantitative estimate of drug-likeness (QED) is 0.681. The van der Waals surface area contributed by atoms with Crippen LogP contribution in [0, 0.1) is 16.0 Å². The number of rotatable bonds is 4. The minimum atomic E-state index is -0.443. The molecule has 0 aliphatic carbocycles. The van der Waals surface area contributed by atoms with Gasteiger partial charge in [0, 0.05) is 17.8 Å². The van der Waals surface area contributed by atoms with Gasteiger partial charge in [0.25, 0.3) is 4.96 Å². The summed E-state index contributed by atoms with van der Waals surface area (Å²) in [4.78, 5) is 15.4. The van der Waals surface area contributed by atoms with Crippen LogP contribution in [0.5, 0.6) is 5.88 Å². The van der Waals surface area contributed by atoms with Gasteiger partial charge in [-0.15, -0.1) is 0 Å². The van der Waals surface area contributed by atoms with Crippen LogP contribution in [-0.4, -0.2) is 34.0 Å². The highest BCUT2D eigenvalue weighted by molar-refractivity contribution is 7.15. The monoisotopic (exact) mass is 282 g/mol. The molecule has 2 aromatic rings. The zero-order valence-electron chi connectivity index (χ0n) is 10.2. The van der Waals surface area contributed by atoms with Crippen molar-refractivity contribution in [2.75, 3.05) is 19.7 Å². The Morgan fingerprint density at radius 2 is 2.58 bits per heavy atom. The molecule has 102 valence electrons. The Labute approximate surface area is 113 Å². The smallest absolute Gasteiger partial charge is 0.393 e. The molecule has 1 aliphatic rings. The second-order valence-corrected chi connectivity index (χ2v) is 5.45. The van der Waals surface area contributed by atoms with Gasteiger partial charge in [-0.25, -0.2) is 0 Å². The van der Waals surface area contributed by atoms with Crippen molar-refractivity contribution in [2.45, 2.75) is 12.8 Å². The lowest BCUT2D eigenvalue weighted by molar-refractivity contribution is -0.391. The second-order valence-electron chi connectivity index (χ2n) is 4.58. The summed E-state index contributed by atoms with van der Waals surface area (Å²) in [6.45, 7) is 2.41. The van der Waals surface area contributed by atoms with Crippen LogP contribution in [0.3, 0.4) is 0 Å². The predicted molar refractivity (Wildman–Crippen MR) is 70.8 cm³/mol. The van der Waals surface area contributed by atoms with Crippen molar-refractivity contribution in [3.05, 3.63) is 21.7 Å². The third-order valence-electron chi connectivity index (χ3n) is 3.23. The molecular weight excluding hydrogens is 268 g/mol. The van der Waals surface area contributed by atoms with E-state index in [1.807, 2.05) is 0 Å². The number of thiazole rings is 1. The summed E-state index contributed by atoms with van der Waals surface area (Å²) in [5.74, 6) is 0.440. The Balaban J connectivity index is 1.77. The average Bonchev–Trinajstić information content (AvgIpc) is 2.96. The van der Waals surface area contributed by atoms with E-state index in [0.717, 1.165) is 25.9 Å². The van der Waals surface area contributed by atoms with Crippen molar-refractivity contribution in [3.8, 4) is 5.88 Å². The number of aromatic nitrogens is 2. The molecule has 8 heteroatoms. The molecule has 2 aromatic heterocycles. The van der Waals surface area contributed by atoms with Crippen molar-refractivity contribution >= 4 is 22.1 Å². The molecule has 1 aliphatic heterocycles. The van der Waals surface area contributed by atoms with E-state index < -0.39 is 4.92 Å². The lowest BCUT2D eigenvalue weighted by Crippen LogP contribution is -2.33. The molecule has 7 nitrogen and oxygen atoms in total. The number of ether oxygens (including phenoxy) is 1. The van der Waals surface area contributed by atoms with Gasteiger partial charge < -0.3 is 20.2 Å². The van der Waals surface area contributed by atoms with Crippen LogP contribution in [0.1, 0.15) is 12.8 Å². The predicted octanol–water partition coefficient (Wildman–Crippen LogP) is 1.68. The number of nitro groups is 1. The van der Waals surface area contributed by atoms with Crippen molar-refractivity contribution in [2.24, 2.45) is 5.92 Å². The third-order valence-corrected chi connectivity index (χ3v) is 3.99. The molecule has 3 rings (SSSR count). The molecule has 0 aromatic carbocycles. The van der Waals surface area contributed by atoms with Gasteiger partial charge in [0.2, 0.25) is 0 Å². The van der Waals surface area contributed by atoms with Gasteiger partial charge in [-0.05, 0) is 24.3 Å². The van der Waals surface area contributed by atoms with Crippen LogP contribution < -0.4 is 10.1 Å². The molecule has 0 bridgehead atoms. The fourth-order valence-corrected chi connectivity index (χ4v) is 2.98. The maximum Gasteiger partial charge on any atom is 0.393 e. The molecule has 0 saturated carbocycles. The van der Waals surface area contributed by atoms with E-state index in [-0.39, 0.29) is 11.7 Å². The number of piperidine rings is 1. The van der Waals surface area contributed by atoms with E-state index in [2.05, 4.69) is 10.3 Å². The van der Waals surface area contributed by atoms with E-state index in [0.29, 0.717) is 17.5 Å². The summed E-state index contributed by atoms with van der Waals surface area (Å²) < 4.78 is 7.03. The fourth-order valence-electron chi connectivity index (χ4n) is 2.28. The van der Waals surface area contributed by atoms with Gasteiger partial charge in [0.1, 0.15) is 6.20 Å². The Bertz CT molecular complexity index is 588. The molecule has 1 saturated heterocycles. The normalized spacial score (nSPS) is 19.7. The molecule has 1 atom stereocenters. The van der Waals surface area contributed by atoms with E-state index in [4.69, 9.17) is 4.74 Å². The lowest BCUT2D eigenvalue weighted by Gasteiger charge is -2.21. The Hall–Kier alpha value is -1.67. The summed E-state index contributed by atoms with van der Waals surface area (Å²) >= 11 is 1.36. The van der Waals surface area contributed by atoms with E-state index in [9.17, 15) is 10.1 Å². The summed E-state index contributed by atoms with van der Waals surface area (Å²) in [5.41, 5.74) is 0. The van der Waals surface area contributed by atoms with E-state index in [1.165, 1.54) is 15.7 Å². The number of nitrogens with one attached hydrogen (secondary N) is 1. The van der Waals surface area contributed by atoms with Crippen molar-refractivity contribution in [1.29, 1.82) is 0 Å². The molecular formula is C11H14N4O3S. The first-order chi connectivity index (χ1) is 9.25. The minimum absolute atomic E-state index is 0.0833. The van der Waals surface area contributed by atoms with Gasteiger partial charge in [-0.3, -0.25) is 0 Å². The number of hydrogen-bond acceptors (Lipinski definition) is 6. The highest BCUT2D eigenvalue weighted by atomic mass is 32.1. The van der Waals surface area contributed by atoms with Gasteiger partial charge in [-0.2, -0.15) is 9.38 Å². The first-order valence-electron chi connectivity index (χ1n) is 6.19. The fraction of sp³-hybridized carbons (Fsp3) is 0.545. The number of fused-ring (bicyclic) bond motifs is 1. The lowest BCUT2D eigenvalue weighted by atomic mass is 10.0. The molecule has 0 spiro atoms. The Morgan fingerprint density at radius 3 is 3.32 bits per heavy atom. The van der Waals surface area contributed by atoms with Crippen LogP contribution in [-0.2, 0) is 0 Å². The van der Waals surface area contributed by atoms with Gasteiger partial charge in [-0.1, -0.05) is 11.3 Å². The number of nitrogens with zero attached hydrogens (tertiary/aromatic N) is 3. The Morgan fingerprint density at radius 1 is 1.68 bits per heavy atom. The van der Waals surface area contributed by atoms with Crippen LogP contribution >= 0.6 is 11.3 Å². The summed E-state index contributed by atoms with van der Waals surface area (Å²) in [5, 5.41) is 16.2. The average molecular weight is 282 g/mol. The minimum Gasteiger partial charge on any atom is -0.471 e. The molecule has 3 heterocycles. The maximum absolute atomic E-state index is 11.1. The van der Waals surface area contributed by atoms with Crippen LogP contribution in [0.2, 0.25) is 0 Å². The van der Waals surface area contributed by atoms with Gasteiger partial charge in [0.05, 0.1) is 6.61 Å². The Kier molecular flexibility index (Phi) is 3.34. The maximum atomic E-state index is 11.1. The second kappa shape index (κ2) is 5.14. The molecule has 1 unspecified atom stereocenters. The SMILES string of the molecule is O=[N+]([O-])c1c(OCC2CCCNC2)nc2sccn12. The van der Waals surface area contributed by atoms with Gasteiger partial charge in [0.15, 0.2) is 0 Å². The summed E-state index contributed by atoms with van der Waals surface area (Å²) in [6.07, 6.45) is 3.84. The standard InChI is InChI=1S/C11H14N4O3S/c16-15(17)10-9(13-11-14(10)4-5-19-11)18-7-8-2-1-3-12-6-8/h4-5,8,12H,1-3,6-7H2. The first kappa shape index (κ1) is 12.4. The van der Waals surface area contributed by atoms with Crippen LogP contribution in [0.25, 0.3) is 4.96 Å². The van der Waals surface area contributed by atoms with Crippen LogP contribution in [0.4, 0.5) is 5.82 Å². The van der Waals surface area contributed by atoms with Crippen molar-refractivity contribution in [3.63, 3.8) is 0 Å². The molecule has 0 amide bonds. The summed E-state index contributed by atoms with van der Waals surface area (Å²) in [7, 11) is 0. The molecule has 0 radical (unpaired) electrons. The number of hydrogen-bond donors (Lipinski definition) is 1. The zero-order chi connectivity index (χ0) is 13.2. The zero-order valence-corrected chi connectivity index (χ0v) is 11.1. The number of imidazole rings is 1. The van der Waals surface area contributed by atoms with E-state index in [1.54, 1.807) is 11.6 Å². The third kappa shape index (κ3) is 2.41. The highest BCUT2D eigenvalue weighted by Crippen LogP contribution is 2.30. The van der Waals surface area contributed by atoms with Gasteiger partial charge >= 0.3 is 11.7 Å². The molecule has 1 fully saturated rings. The first-order valence-corrected chi connectivity index (χ1v) is 7.07. The highest BCUT2D eigenvalue weighted by Gasteiger charge is 2.26. The molecule has 1 N–H and O–H groups in total. The summed E-state index contributed by atoms with van der Waals surface area (Å²) in [6, 6.07) is 0. The van der Waals surface area contributed by atoms with E-state index >= 15 is 0 Å². The van der Waals surface area contributed by atoms with Crippen LogP contribution in [0.15, 0.2) is 11.6 Å².